The van der Waals surface area contributed by atoms with Crippen LogP contribution >= 0.6 is 0 Å². The Morgan fingerprint density at radius 2 is 1.75 bits per heavy atom. The number of anilines is 1. The van der Waals surface area contributed by atoms with Crippen LogP contribution in [0.25, 0.3) is 11.1 Å². The van der Waals surface area contributed by atoms with Crippen molar-refractivity contribution in [3.05, 3.63) is 60.0 Å². The highest BCUT2D eigenvalue weighted by Crippen LogP contribution is 2.30. The van der Waals surface area contributed by atoms with Crippen molar-refractivity contribution in [2.75, 3.05) is 31.1 Å². The van der Waals surface area contributed by atoms with Crippen molar-refractivity contribution in [2.45, 2.75) is 31.6 Å². The van der Waals surface area contributed by atoms with E-state index in [1.54, 1.807) is 0 Å². The van der Waals surface area contributed by atoms with Gasteiger partial charge >= 0.3 is 0 Å². The number of para-hydroxylation sites is 2. The molecule has 2 N–H and O–H groups in total. The number of nitrogens with two attached hydrogens (primary N) is 1. The molecule has 3 aromatic rings. The van der Waals surface area contributed by atoms with E-state index >= 15 is 0 Å². The predicted molar refractivity (Wildman–Crippen MR) is 122 cm³/mol. The molecule has 5 rings (SSSR count). The molecule has 2 aliphatic heterocycles. The minimum atomic E-state index is -0.236. The number of primary amides is 1. The van der Waals surface area contributed by atoms with Crippen LogP contribution < -0.4 is 10.6 Å². The summed E-state index contributed by atoms with van der Waals surface area (Å²) in [6, 6.07) is 15.5. The molecule has 0 radical (unpaired) electrons. The summed E-state index contributed by atoms with van der Waals surface area (Å²) in [5.41, 5.74) is 8.85. The average molecular weight is 433 g/mol. The van der Waals surface area contributed by atoms with Crippen LogP contribution in [0.2, 0.25) is 0 Å². The van der Waals surface area contributed by atoms with Gasteiger partial charge in [-0.15, -0.1) is 0 Å². The van der Waals surface area contributed by atoms with Gasteiger partial charge in [0.25, 0.3) is 5.91 Å². The maximum Gasteiger partial charge on any atom is 0.253 e. The third-order valence-electron chi connectivity index (χ3n) is 6.67. The van der Waals surface area contributed by atoms with Crippen LogP contribution in [0.5, 0.6) is 0 Å². The van der Waals surface area contributed by atoms with Crippen LogP contribution in [-0.4, -0.2) is 47.9 Å². The molecule has 0 saturated carbocycles. The summed E-state index contributed by atoms with van der Waals surface area (Å²) in [4.78, 5) is 33.5. The van der Waals surface area contributed by atoms with Gasteiger partial charge < -0.3 is 20.0 Å². The topological polar surface area (TPSA) is 92.7 Å². The van der Waals surface area contributed by atoms with Gasteiger partial charge in [0.2, 0.25) is 5.91 Å². The van der Waals surface area contributed by atoms with E-state index in [1.807, 2.05) is 53.4 Å². The molecule has 7 nitrogen and oxygen atoms in total. The average Bonchev–Trinajstić information content (AvgIpc) is 3.28. The second kappa shape index (κ2) is 8.65. The van der Waals surface area contributed by atoms with Crippen LogP contribution in [0, 0.1) is 5.92 Å². The minimum absolute atomic E-state index is 0.0333. The number of piperidine rings is 2. The fourth-order valence-electron chi connectivity index (χ4n) is 4.87. The van der Waals surface area contributed by atoms with Crippen LogP contribution in [0.15, 0.2) is 52.9 Å². The number of rotatable bonds is 4. The van der Waals surface area contributed by atoms with Crippen molar-refractivity contribution >= 4 is 28.6 Å². The molecule has 0 spiro atoms. The number of aromatic nitrogens is 1. The second-order valence-electron chi connectivity index (χ2n) is 8.84. The van der Waals surface area contributed by atoms with Crippen molar-refractivity contribution in [3.63, 3.8) is 0 Å². The Balaban J connectivity index is 1.27. The number of amides is 2. The first-order valence-electron chi connectivity index (χ1n) is 11.4. The van der Waals surface area contributed by atoms with Crippen molar-refractivity contribution < 1.29 is 14.0 Å². The first-order chi connectivity index (χ1) is 15.6. The number of carbonyl (C=O) groups excluding carboxylic acids is 2. The Labute approximate surface area is 187 Å². The Hall–Kier alpha value is -3.35. The number of hydrogen-bond donors (Lipinski definition) is 1. The Kier molecular flexibility index (Phi) is 5.55. The molecule has 0 unspecified atom stereocenters. The molecule has 2 saturated heterocycles. The number of likely N-dealkylation sites (tertiary alicyclic amines) is 1. The highest BCUT2D eigenvalue weighted by molar-refractivity contribution is 5.94. The lowest BCUT2D eigenvalue weighted by atomic mass is 9.96. The van der Waals surface area contributed by atoms with Gasteiger partial charge in [-0.05, 0) is 62.1 Å². The van der Waals surface area contributed by atoms with Crippen molar-refractivity contribution in [2.24, 2.45) is 11.7 Å². The fraction of sp³-hybridized carbons (Fsp3) is 0.400. The van der Waals surface area contributed by atoms with Gasteiger partial charge in [0.05, 0.1) is 11.8 Å². The molecule has 166 valence electrons. The Morgan fingerprint density at radius 3 is 2.53 bits per heavy atom. The molecule has 0 aliphatic carbocycles. The normalized spacial score (nSPS) is 21.6. The van der Waals surface area contributed by atoms with Crippen molar-refractivity contribution in [3.8, 4) is 0 Å². The summed E-state index contributed by atoms with van der Waals surface area (Å²) in [7, 11) is 0. The lowest BCUT2D eigenvalue weighted by molar-refractivity contribution is -0.122. The molecular weight excluding hydrogens is 404 g/mol. The van der Waals surface area contributed by atoms with Crippen molar-refractivity contribution in [1.29, 1.82) is 0 Å². The summed E-state index contributed by atoms with van der Waals surface area (Å²) in [5, 5.41) is 0. The molecule has 2 amide bonds. The van der Waals surface area contributed by atoms with Gasteiger partial charge in [-0.2, -0.15) is 0 Å². The Bertz CT molecular complexity index is 1090. The molecule has 2 aliphatic rings. The maximum absolute atomic E-state index is 13.2. The third kappa shape index (κ3) is 4.07. The molecule has 3 heterocycles. The van der Waals surface area contributed by atoms with Gasteiger partial charge in [0.15, 0.2) is 11.5 Å². The van der Waals surface area contributed by atoms with E-state index in [0.717, 1.165) is 55.6 Å². The number of nitrogens with zero attached hydrogens (tertiary/aromatic N) is 3. The minimum Gasteiger partial charge on any atom is -0.440 e. The van der Waals surface area contributed by atoms with E-state index in [-0.39, 0.29) is 23.7 Å². The van der Waals surface area contributed by atoms with Crippen molar-refractivity contribution in [1.82, 2.24) is 9.88 Å². The van der Waals surface area contributed by atoms with E-state index in [0.29, 0.717) is 24.5 Å². The molecule has 32 heavy (non-hydrogen) atoms. The smallest absolute Gasteiger partial charge is 0.253 e. The SMILES string of the molecule is NC(=O)[C@@H]1CCCN(c2ccc(C(=O)N3CCC[C@@H](c4nc5ccccc5o4)C3)cc2)C1. The van der Waals surface area contributed by atoms with Gasteiger partial charge in [-0.3, -0.25) is 9.59 Å². The fourth-order valence-corrected chi connectivity index (χ4v) is 4.87. The number of hydrogen-bond acceptors (Lipinski definition) is 5. The largest absolute Gasteiger partial charge is 0.440 e. The van der Waals surface area contributed by atoms with Gasteiger partial charge in [-0.25, -0.2) is 4.98 Å². The monoisotopic (exact) mass is 432 g/mol. The molecule has 2 atom stereocenters. The molecule has 2 fully saturated rings. The lowest BCUT2D eigenvalue weighted by Crippen LogP contribution is -2.41. The highest BCUT2D eigenvalue weighted by Gasteiger charge is 2.29. The van der Waals surface area contributed by atoms with Crippen LogP contribution in [0.1, 0.15) is 47.8 Å². The summed E-state index contributed by atoms with van der Waals surface area (Å²) >= 11 is 0. The summed E-state index contributed by atoms with van der Waals surface area (Å²) in [6.07, 6.45) is 3.68. The maximum atomic E-state index is 13.2. The zero-order valence-electron chi connectivity index (χ0n) is 18.1. The van der Waals surface area contributed by atoms with Crippen LogP contribution in [-0.2, 0) is 4.79 Å². The quantitative estimate of drug-likeness (QED) is 0.681. The molecule has 0 bridgehead atoms. The zero-order valence-corrected chi connectivity index (χ0v) is 18.1. The molecule has 7 heteroatoms. The molecule has 2 aromatic carbocycles. The number of carbonyl (C=O) groups is 2. The number of fused-ring (bicyclic) bond motifs is 1. The van der Waals surface area contributed by atoms with Gasteiger partial charge in [0, 0.05) is 37.4 Å². The van der Waals surface area contributed by atoms with E-state index in [2.05, 4.69) is 9.88 Å². The van der Waals surface area contributed by atoms with E-state index in [4.69, 9.17) is 10.2 Å². The summed E-state index contributed by atoms with van der Waals surface area (Å²) in [6.45, 7) is 2.89. The second-order valence-corrected chi connectivity index (χ2v) is 8.84. The first-order valence-corrected chi connectivity index (χ1v) is 11.4. The lowest BCUT2D eigenvalue weighted by Gasteiger charge is -2.33. The Morgan fingerprint density at radius 1 is 0.969 bits per heavy atom. The van der Waals surface area contributed by atoms with E-state index < -0.39 is 0 Å². The number of benzene rings is 2. The zero-order chi connectivity index (χ0) is 22.1. The van der Waals surface area contributed by atoms with E-state index in [9.17, 15) is 9.59 Å². The molecular formula is C25H28N4O3. The summed E-state index contributed by atoms with van der Waals surface area (Å²) in [5.74, 6) is 0.514. The predicted octanol–water partition coefficient (Wildman–Crippen LogP) is 3.55. The molecule has 1 aromatic heterocycles. The summed E-state index contributed by atoms with van der Waals surface area (Å²) < 4.78 is 5.96. The van der Waals surface area contributed by atoms with Gasteiger partial charge in [0.1, 0.15) is 5.52 Å². The van der Waals surface area contributed by atoms with Crippen LogP contribution in [0.4, 0.5) is 5.69 Å². The third-order valence-corrected chi connectivity index (χ3v) is 6.67. The first kappa shape index (κ1) is 20.5. The van der Waals surface area contributed by atoms with Gasteiger partial charge in [-0.1, -0.05) is 12.1 Å². The highest BCUT2D eigenvalue weighted by atomic mass is 16.3. The van der Waals surface area contributed by atoms with E-state index in [1.165, 1.54) is 0 Å². The van der Waals surface area contributed by atoms with Crippen LogP contribution in [0.3, 0.4) is 0 Å². The number of oxazole rings is 1. The standard InChI is InChI=1S/C25H28N4O3/c26-23(30)18-5-3-13-28(15-18)20-11-9-17(10-12-20)25(31)29-14-4-6-19(16-29)24-27-21-7-1-2-8-22(21)32-24/h1-2,7-12,18-19H,3-6,13-16H2,(H2,26,30)/t18-,19-/m1/s1.